The summed E-state index contributed by atoms with van der Waals surface area (Å²) in [6.07, 6.45) is 3.97. The number of hydrogen-bond acceptors (Lipinski definition) is 6. The highest BCUT2D eigenvalue weighted by Gasteiger charge is 2.36. The Morgan fingerprint density at radius 3 is 2.56 bits per heavy atom. The number of allylic oxidation sites excluding steroid dienone is 1. The number of carbonyl (C=O) groups excluding carboxylic acids is 1. The van der Waals surface area contributed by atoms with Crippen molar-refractivity contribution in [1.82, 2.24) is 0 Å². The van der Waals surface area contributed by atoms with Gasteiger partial charge in [-0.1, -0.05) is 25.1 Å². The lowest BCUT2D eigenvalue weighted by Crippen LogP contribution is -2.43. The molecule has 4 rings (SSSR count). The van der Waals surface area contributed by atoms with Crippen LogP contribution in [0.3, 0.4) is 0 Å². The molecular formula is C28H35NO6S. The zero-order valence-electron chi connectivity index (χ0n) is 21.3. The van der Waals surface area contributed by atoms with E-state index in [2.05, 4.69) is 6.58 Å². The van der Waals surface area contributed by atoms with Gasteiger partial charge in [0.25, 0.3) is 10.0 Å². The highest BCUT2D eigenvalue weighted by Crippen LogP contribution is 2.38. The van der Waals surface area contributed by atoms with Gasteiger partial charge in [-0.25, -0.2) is 13.2 Å². The van der Waals surface area contributed by atoms with Gasteiger partial charge < -0.3 is 14.2 Å². The molecule has 2 heterocycles. The Balaban J connectivity index is 1.70. The first kappa shape index (κ1) is 26.2. The van der Waals surface area contributed by atoms with Gasteiger partial charge in [0.2, 0.25) is 0 Å². The molecule has 0 unspecified atom stereocenters. The number of ether oxygens (including phenoxy) is 3. The summed E-state index contributed by atoms with van der Waals surface area (Å²) in [5.74, 6) is 0.0163. The van der Waals surface area contributed by atoms with Crippen LogP contribution in [0, 0.1) is 5.92 Å². The zero-order valence-corrected chi connectivity index (χ0v) is 22.1. The molecule has 0 N–H and O–H groups in total. The number of rotatable bonds is 8. The fourth-order valence-corrected chi connectivity index (χ4v) is 6.72. The molecule has 2 aliphatic rings. The largest absolute Gasteiger partial charge is 0.492 e. The molecule has 2 aromatic rings. The Morgan fingerprint density at radius 2 is 1.89 bits per heavy atom. The molecule has 2 aliphatic heterocycles. The second-order valence-corrected chi connectivity index (χ2v) is 11.4. The SMILES string of the molecule is C=C(C)c1ccc2c(c1)CC[C@@H](CC)N2S(=O)(=O)c1ccc(OCC2CCOCC2)c(C(=O)OC)c1. The van der Waals surface area contributed by atoms with E-state index >= 15 is 0 Å². The minimum atomic E-state index is -3.96. The van der Waals surface area contributed by atoms with E-state index in [1.807, 2.05) is 32.0 Å². The summed E-state index contributed by atoms with van der Waals surface area (Å²) >= 11 is 0. The highest BCUT2D eigenvalue weighted by molar-refractivity contribution is 7.92. The molecule has 0 aliphatic carbocycles. The Kier molecular flexibility index (Phi) is 8.05. The van der Waals surface area contributed by atoms with Crippen molar-refractivity contribution in [3.8, 4) is 5.75 Å². The minimum Gasteiger partial charge on any atom is -0.492 e. The number of fused-ring (bicyclic) bond motifs is 1. The van der Waals surface area contributed by atoms with Crippen molar-refractivity contribution >= 4 is 27.3 Å². The molecule has 1 atom stereocenters. The van der Waals surface area contributed by atoms with Crippen LogP contribution in [0.4, 0.5) is 5.69 Å². The summed E-state index contributed by atoms with van der Waals surface area (Å²) in [7, 11) is -2.68. The molecule has 0 radical (unpaired) electrons. The van der Waals surface area contributed by atoms with Gasteiger partial charge in [-0.05, 0) is 86.4 Å². The third kappa shape index (κ3) is 5.30. The maximum Gasteiger partial charge on any atom is 0.341 e. The Bertz CT molecular complexity index is 1230. The van der Waals surface area contributed by atoms with Crippen LogP contribution in [0.2, 0.25) is 0 Å². The molecule has 2 aromatic carbocycles. The average Bonchev–Trinajstić information content (AvgIpc) is 2.90. The molecule has 1 fully saturated rings. The average molecular weight is 514 g/mol. The topological polar surface area (TPSA) is 82.1 Å². The van der Waals surface area contributed by atoms with Gasteiger partial charge in [0.05, 0.1) is 24.3 Å². The smallest absolute Gasteiger partial charge is 0.341 e. The maximum absolute atomic E-state index is 14.0. The number of esters is 1. The Morgan fingerprint density at radius 1 is 1.14 bits per heavy atom. The molecule has 36 heavy (non-hydrogen) atoms. The third-order valence-corrected chi connectivity index (χ3v) is 8.95. The highest BCUT2D eigenvalue weighted by atomic mass is 32.2. The van der Waals surface area contributed by atoms with Crippen molar-refractivity contribution in [3.63, 3.8) is 0 Å². The summed E-state index contributed by atoms with van der Waals surface area (Å²) in [4.78, 5) is 12.7. The van der Waals surface area contributed by atoms with Crippen LogP contribution in [0.15, 0.2) is 47.9 Å². The molecule has 0 amide bonds. The van der Waals surface area contributed by atoms with Gasteiger partial charge in [0.1, 0.15) is 11.3 Å². The Hall–Kier alpha value is -2.84. The van der Waals surface area contributed by atoms with Crippen molar-refractivity contribution in [2.75, 3.05) is 31.2 Å². The normalized spacial score (nSPS) is 18.4. The van der Waals surface area contributed by atoms with Gasteiger partial charge in [-0.2, -0.15) is 0 Å². The quantitative estimate of drug-likeness (QED) is 0.450. The van der Waals surface area contributed by atoms with Gasteiger partial charge in [0.15, 0.2) is 0 Å². The lowest BCUT2D eigenvalue weighted by atomic mass is 9.94. The summed E-state index contributed by atoms with van der Waals surface area (Å²) in [6.45, 7) is 9.77. The number of nitrogens with zero attached hydrogens (tertiary/aromatic N) is 1. The van der Waals surface area contributed by atoms with Crippen LogP contribution >= 0.6 is 0 Å². The maximum atomic E-state index is 14.0. The number of methoxy groups -OCH3 is 1. The van der Waals surface area contributed by atoms with Crippen molar-refractivity contribution in [1.29, 1.82) is 0 Å². The van der Waals surface area contributed by atoms with Crippen LogP contribution in [0.25, 0.3) is 5.57 Å². The Labute approximate surface area is 214 Å². The predicted molar refractivity (Wildman–Crippen MR) is 140 cm³/mol. The molecule has 0 spiro atoms. The number of benzene rings is 2. The van der Waals surface area contributed by atoms with Crippen LogP contribution in [-0.2, 0) is 25.9 Å². The van der Waals surface area contributed by atoms with Crippen LogP contribution < -0.4 is 9.04 Å². The van der Waals surface area contributed by atoms with Crippen molar-refractivity contribution < 1.29 is 27.4 Å². The first-order valence-electron chi connectivity index (χ1n) is 12.5. The first-order chi connectivity index (χ1) is 17.3. The minimum absolute atomic E-state index is 0.0385. The molecule has 0 saturated carbocycles. The van der Waals surface area contributed by atoms with Gasteiger partial charge in [-0.15, -0.1) is 0 Å². The van der Waals surface area contributed by atoms with Gasteiger partial charge in [0, 0.05) is 19.3 Å². The number of carbonyl (C=O) groups is 1. The third-order valence-electron chi connectivity index (χ3n) is 7.09. The zero-order chi connectivity index (χ0) is 25.9. The first-order valence-corrected chi connectivity index (χ1v) is 14.0. The molecule has 7 nitrogen and oxygen atoms in total. The van der Waals surface area contributed by atoms with Crippen molar-refractivity contribution in [2.45, 2.75) is 56.9 Å². The lowest BCUT2D eigenvalue weighted by molar-refractivity contribution is 0.0483. The monoisotopic (exact) mass is 513 g/mol. The molecule has 8 heteroatoms. The summed E-state index contributed by atoms with van der Waals surface area (Å²) in [5, 5.41) is 0. The van der Waals surface area contributed by atoms with E-state index in [-0.39, 0.29) is 16.5 Å². The number of hydrogen-bond donors (Lipinski definition) is 0. The standard InChI is InChI=1S/C28H35NO6S/c1-5-23-8-6-22-16-21(19(2)3)7-10-26(22)29(23)36(31,32)24-9-11-27(25(17-24)28(30)33-4)35-18-20-12-14-34-15-13-20/h7,9-11,16-17,20,23H,2,5-6,8,12-15,18H2,1,3-4H3/t23-/m1/s1. The molecule has 194 valence electrons. The van der Waals surface area contributed by atoms with E-state index in [0.717, 1.165) is 42.4 Å². The number of anilines is 1. The molecule has 0 aromatic heterocycles. The van der Waals surface area contributed by atoms with Crippen LogP contribution in [0.5, 0.6) is 5.75 Å². The summed E-state index contributed by atoms with van der Waals surface area (Å²) < 4.78 is 45.9. The molecular weight excluding hydrogens is 478 g/mol. The number of aryl methyl sites for hydroxylation is 1. The second-order valence-electron chi connectivity index (χ2n) is 9.54. The number of sulfonamides is 1. The fraction of sp³-hybridized carbons (Fsp3) is 0.464. The van der Waals surface area contributed by atoms with Gasteiger partial charge in [-0.3, -0.25) is 4.31 Å². The van der Waals surface area contributed by atoms with E-state index in [1.54, 1.807) is 6.07 Å². The summed E-state index contributed by atoms with van der Waals surface area (Å²) in [6, 6.07) is 10.1. The van der Waals surface area contributed by atoms with E-state index in [0.29, 0.717) is 43.6 Å². The van der Waals surface area contributed by atoms with E-state index in [9.17, 15) is 13.2 Å². The van der Waals surface area contributed by atoms with Crippen LogP contribution in [0.1, 0.15) is 61.0 Å². The second kappa shape index (κ2) is 11.0. The summed E-state index contributed by atoms with van der Waals surface area (Å²) in [5.41, 5.74) is 3.70. The van der Waals surface area contributed by atoms with E-state index < -0.39 is 16.0 Å². The van der Waals surface area contributed by atoms with E-state index in [4.69, 9.17) is 14.2 Å². The molecule has 0 bridgehead atoms. The predicted octanol–water partition coefficient (Wildman–Crippen LogP) is 5.23. The van der Waals surface area contributed by atoms with Crippen molar-refractivity contribution in [3.05, 3.63) is 59.7 Å². The van der Waals surface area contributed by atoms with E-state index in [1.165, 1.54) is 23.5 Å². The van der Waals surface area contributed by atoms with Crippen molar-refractivity contribution in [2.24, 2.45) is 5.92 Å². The fourth-order valence-electron chi connectivity index (χ4n) is 4.90. The van der Waals surface area contributed by atoms with Gasteiger partial charge >= 0.3 is 5.97 Å². The lowest BCUT2D eigenvalue weighted by Gasteiger charge is -2.37. The molecule has 1 saturated heterocycles. The van der Waals surface area contributed by atoms with Crippen LogP contribution in [-0.4, -0.2) is 47.4 Å².